The largest absolute Gasteiger partial charge is 0.371 e. The normalized spacial score (nSPS) is 19.9. The topological polar surface area (TPSA) is 72.6 Å². The molecule has 23 heavy (non-hydrogen) atoms. The fourth-order valence-electron chi connectivity index (χ4n) is 2.70. The van der Waals surface area contributed by atoms with Crippen molar-refractivity contribution >= 4 is 10.0 Å². The smallest absolute Gasteiger partial charge is 0.248 e. The Kier molecular flexibility index (Phi) is 4.22. The van der Waals surface area contributed by atoms with Gasteiger partial charge in [0.05, 0.1) is 12.7 Å². The van der Waals surface area contributed by atoms with Crippen molar-refractivity contribution in [1.82, 2.24) is 9.46 Å². The summed E-state index contributed by atoms with van der Waals surface area (Å²) in [6.45, 7) is 3.86. The molecule has 124 valence electrons. The number of aryl methyl sites for hydroxylation is 2. The number of halogens is 1. The van der Waals surface area contributed by atoms with Gasteiger partial charge in [-0.05, 0) is 31.5 Å². The summed E-state index contributed by atoms with van der Waals surface area (Å²) in [7, 11) is -3.71. The summed E-state index contributed by atoms with van der Waals surface area (Å²) in [5.74, 6) is -0.0721. The molecule has 0 bridgehead atoms. The number of ether oxygens (including phenoxy) is 1. The van der Waals surface area contributed by atoms with E-state index in [2.05, 4.69) is 5.16 Å². The maximum Gasteiger partial charge on any atom is 0.248 e. The van der Waals surface area contributed by atoms with Gasteiger partial charge in [-0.25, -0.2) is 12.8 Å². The summed E-state index contributed by atoms with van der Waals surface area (Å²) in [6, 6.07) is 5.87. The number of benzene rings is 1. The lowest BCUT2D eigenvalue weighted by Crippen LogP contribution is -2.42. The molecule has 0 saturated carbocycles. The molecule has 1 aromatic heterocycles. The molecule has 6 nitrogen and oxygen atoms in total. The van der Waals surface area contributed by atoms with E-state index in [0.29, 0.717) is 5.69 Å². The molecule has 3 rings (SSSR count). The van der Waals surface area contributed by atoms with E-state index in [-0.39, 0.29) is 36.2 Å². The number of hydrogen-bond acceptors (Lipinski definition) is 5. The number of aromatic nitrogens is 1. The van der Waals surface area contributed by atoms with Gasteiger partial charge in [0.25, 0.3) is 0 Å². The lowest BCUT2D eigenvalue weighted by Gasteiger charge is -2.32. The van der Waals surface area contributed by atoms with Crippen LogP contribution in [-0.2, 0) is 14.8 Å². The van der Waals surface area contributed by atoms with E-state index in [1.165, 1.54) is 16.4 Å². The quantitative estimate of drug-likeness (QED) is 0.856. The van der Waals surface area contributed by atoms with Crippen molar-refractivity contribution in [2.75, 3.05) is 19.7 Å². The number of rotatable bonds is 3. The Hall–Kier alpha value is -1.77. The molecule has 1 fully saturated rings. The summed E-state index contributed by atoms with van der Waals surface area (Å²) in [4.78, 5) is 0.109. The van der Waals surface area contributed by atoms with Crippen molar-refractivity contribution in [3.63, 3.8) is 0 Å². The van der Waals surface area contributed by atoms with E-state index in [1.54, 1.807) is 26.0 Å². The van der Waals surface area contributed by atoms with E-state index in [9.17, 15) is 12.8 Å². The fraction of sp³-hybridized carbons (Fsp3) is 0.400. The average Bonchev–Trinajstić information content (AvgIpc) is 2.88. The standard InChI is InChI=1S/C15H17FN2O4S/c1-10-15(11(2)22-17-10)23(19,20)18-7-8-21-14(9-18)12-3-5-13(16)6-4-12/h3-6,14H,7-9H2,1-2H3/t14-/m0/s1. The van der Waals surface area contributed by atoms with Crippen LogP contribution < -0.4 is 0 Å². The van der Waals surface area contributed by atoms with Crippen LogP contribution in [0, 0.1) is 19.7 Å². The summed E-state index contributed by atoms with van der Waals surface area (Å²) in [5.41, 5.74) is 1.08. The van der Waals surface area contributed by atoms with Gasteiger partial charge in [0, 0.05) is 13.1 Å². The summed E-state index contributed by atoms with van der Waals surface area (Å²) in [5, 5.41) is 3.71. The molecular weight excluding hydrogens is 323 g/mol. The molecule has 0 spiro atoms. The number of sulfonamides is 1. The van der Waals surface area contributed by atoms with Crippen molar-refractivity contribution in [3.8, 4) is 0 Å². The molecule has 1 aliphatic heterocycles. The Morgan fingerprint density at radius 2 is 1.96 bits per heavy atom. The van der Waals surface area contributed by atoms with Crippen molar-refractivity contribution in [2.24, 2.45) is 0 Å². The number of morpholine rings is 1. The molecular formula is C15H17FN2O4S. The Bertz CT molecular complexity index is 782. The molecule has 0 aliphatic carbocycles. The Balaban J connectivity index is 1.87. The SMILES string of the molecule is Cc1noc(C)c1S(=O)(=O)N1CCO[C@H](c2ccc(F)cc2)C1. The molecule has 1 aromatic carbocycles. The zero-order valence-electron chi connectivity index (χ0n) is 12.8. The first-order chi connectivity index (χ1) is 10.9. The first-order valence-electron chi connectivity index (χ1n) is 7.19. The monoisotopic (exact) mass is 340 g/mol. The number of hydrogen-bond donors (Lipinski definition) is 0. The molecule has 0 N–H and O–H groups in total. The van der Waals surface area contributed by atoms with Crippen molar-refractivity contribution in [3.05, 3.63) is 47.1 Å². The maximum atomic E-state index is 13.0. The van der Waals surface area contributed by atoms with Gasteiger partial charge < -0.3 is 9.26 Å². The highest BCUT2D eigenvalue weighted by Crippen LogP contribution is 2.29. The van der Waals surface area contributed by atoms with Crippen LogP contribution in [0.15, 0.2) is 33.7 Å². The van der Waals surface area contributed by atoms with Gasteiger partial charge in [0.15, 0.2) is 5.76 Å². The zero-order chi connectivity index (χ0) is 16.6. The van der Waals surface area contributed by atoms with Gasteiger partial charge in [-0.2, -0.15) is 4.31 Å². The first kappa shape index (κ1) is 16.1. The second kappa shape index (κ2) is 6.03. The Morgan fingerprint density at radius 1 is 1.26 bits per heavy atom. The molecule has 0 radical (unpaired) electrons. The minimum absolute atomic E-state index is 0.109. The highest BCUT2D eigenvalue weighted by molar-refractivity contribution is 7.89. The predicted molar refractivity (Wildman–Crippen MR) is 79.8 cm³/mol. The third-order valence-electron chi connectivity index (χ3n) is 3.84. The molecule has 1 saturated heterocycles. The fourth-order valence-corrected chi connectivity index (χ4v) is 4.41. The summed E-state index contributed by atoms with van der Waals surface area (Å²) < 4.78 is 50.7. The van der Waals surface area contributed by atoms with Gasteiger partial charge in [-0.1, -0.05) is 17.3 Å². The zero-order valence-corrected chi connectivity index (χ0v) is 13.6. The van der Waals surface area contributed by atoms with Crippen molar-refractivity contribution in [1.29, 1.82) is 0 Å². The first-order valence-corrected chi connectivity index (χ1v) is 8.63. The van der Waals surface area contributed by atoms with Gasteiger partial charge >= 0.3 is 0 Å². The second-order valence-electron chi connectivity index (χ2n) is 5.43. The van der Waals surface area contributed by atoms with Crippen LogP contribution in [0.3, 0.4) is 0 Å². The van der Waals surface area contributed by atoms with E-state index in [4.69, 9.17) is 9.26 Å². The van der Waals surface area contributed by atoms with Gasteiger partial charge in [0.2, 0.25) is 10.0 Å². The molecule has 0 amide bonds. The van der Waals surface area contributed by atoms with E-state index < -0.39 is 16.1 Å². The van der Waals surface area contributed by atoms with Gasteiger partial charge in [0.1, 0.15) is 16.4 Å². The van der Waals surface area contributed by atoms with E-state index in [1.807, 2.05) is 0 Å². The average molecular weight is 340 g/mol. The highest BCUT2D eigenvalue weighted by atomic mass is 32.2. The van der Waals surface area contributed by atoms with Crippen LogP contribution in [0.1, 0.15) is 23.1 Å². The highest BCUT2D eigenvalue weighted by Gasteiger charge is 2.35. The summed E-state index contributed by atoms with van der Waals surface area (Å²) >= 11 is 0. The minimum Gasteiger partial charge on any atom is -0.371 e. The minimum atomic E-state index is -3.71. The van der Waals surface area contributed by atoms with Crippen LogP contribution in [0.5, 0.6) is 0 Å². The molecule has 8 heteroatoms. The Morgan fingerprint density at radius 3 is 2.57 bits per heavy atom. The number of nitrogens with zero attached hydrogens (tertiary/aromatic N) is 2. The van der Waals surface area contributed by atoms with Crippen LogP contribution >= 0.6 is 0 Å². The van der Waals surface area contributed by atoms with E-state index >= 15 is 0 Å². The van der Waals surface area contributed by atoms with Crippen LogP contribution in [-0.4, -0.2) is 37.6 Å². The Labute approximate surface area is 133 Å². The van der Waals surface area contributed by atoms with Crippen LogP contribution in [0.2, 0.25) is 0 Å². The van der Waals surface area contributed by atoms with Crippen LogP contribution in [0.4, 0.5) is 4.39 Å². The van der Waals surface area contributed by atoms with Crippen molar-refractivity contribution < 1.29 is 22.1 Å². The molecule has 2 heterocycles. The van der Waals surface area contributed by atoms with Crippen molar-refractivity contribution in [2.45, 2.75) is 24.8 Å². The van der Waals surface area contributed by atoms with Crippen LogP contribution in [0.25, 0.3) is 0 Å². The van der Waals surface area contributed by atoms with Gasteiger partial charge in [-0.15, -0.1) is 0 Å². The molecule has 2 aromatic rings. The van der Waals surface area contributed by atoms with Gasteiger partial charge in [-0.3, -0.25) is 0 Å². The second-order valence-corrected chi connectivity index (χ2v) is 7.30. The molecule has 1 atom stereocenters. The lowest BCUT2D eigenvalue weighted by atomic mass is 10.1. The third-order valence-corrected chi connectivity index (χ3v) is 5.95. The molecule has 0 unspecified atom stereocenters. The lowest BCUT2D eigenvalue weighted by molar-refractivity contribution is -0.00261. The predicted octanol–water partition coefficient (Wildman–Crippen LogP) is 2.19. The third kappa shape index (κ3) is 3.01. The molecule has 1 aliphatic rings. The summed E-state index contributed by atoms with van der Waals surface area (Å²) in [6.07, 6.45) is -0.431. The maximum absolute atomic E-state index is 13.0. The van der Waals surface area contributed by atoms with E-state index in [0.717, 1.165) is 5.56 Å².